The normalized spacial score (nSPS) is 34.1. The third kappa shape index (κ3) is 2.22. The van der Waals surface area contributed by atoms with E-state index in [1.807, 2.05) is 0 Å². The number of para-hydroxylation sites is 1. The SMILES string of the molecule is COc1c(F)cccc1C1(O)CC2COCC(C1)N2. The summed E-state index contributed by atoms with van der Waals surface area (Å²) in [7, 11) is 1.43. The molecule has 1 aromatic carbocycles. The van der Waals surface area contributed by atoms with Gasteiger partial charge in [0.25, 0.3) is 0 Å². The maximum absolute atomic E-state index is 13.8. The first-order valence-electron chi connectivity index (χ1n) is 6.51. The molecule has 5 heteroatoms. The number of ether oxygens (including phenoxy) is 2. The highest BCUT2D eigenvalue weighted by Crippen LogP contribution is 2.41. The highest BCUT2D eigenvalue weighted by atomic mass is 19.1. The number of methoxy groups -OCH3 is 1. The zero-order valence-corrected chi connectivity index (χ0v) is 10.9. The van der Waals surface area contributed by atoms with Gasteiger partial charge in [-0.3, -0.25) is 0 Å². The molecule has 2 N–H and O–H groups in total. The van der Waals surface area contributed by atoms with Crippen LogP contribution in [0.4, 0.5) is 4.39 Å². The fraction of sp³-hybridized carbons (Fsp3) is 0.571. The summed E-state index contributed by atoms with van der Waals surface area (Å²) in [5.41, 5.74) is -0.522. The summed E-state index contributed by atoms with van der Waals surface area (Å²) in [5, 5.41) is 14.4. The smallest absolute Gasteiger partial charge is 0.165 e. The number of fused-ring (bicyclic) bond motifs is 2. The Morgan fingerprint density at radius 1 is 1.37 bits per heavy atom. The van der Waals surface area contributed by atoms with E-state index in [9.17, 15) is 9.50 Å². The topological polar surface area (TPSA) is 50.7 Å². The van der Waals surface area contributed by atoms with Gasteiger partial charge in [0, 0.05) is 17.6 Å². The first kappa shape index (κ1) is 12.8. The Morgan fingerprint density at radius 2 is 2.05 bits per heavy atom. The number of hydrogen-bond donors (Lipinski definition) is 2. The van der Waals surface area contributed by atoms with Crippen LogP contribution in [0.15, 0.2) is 18.2 Å². The van der Waals surface area contributed by atoms with E-state index in [1.165, 1.54) is 13.2 Å². The number of halogens is 1. The van der Waals surface area contributed by atoms with Crippen molar-refractivity contribution in [3.05, 3.63) is 29.6 Å². The van der Waals surface area contributed by atoms with E-state index in [0.29, 0.717) is 31.6 Å². The van der Waals surface area contributed by atoms with Gasteiger partial charge in [-0.15, -0.1) is 0 Å². The number of morpholine rings is 1. The number of nitrogens with one attached hydrogen (secondary N) is 1. The fourth-order valence-electron chi connectivity index (χ4n) is 3.22. The summed E-state index contributed by atoms with van der Waals surface area (Å²) in [4.78, 5) is 0. The van der Waals surface area contributed by atoms with Crippen molar-refractivity contribution < 1.29 is 19.0 Å². The molecule has 104 valence electrons. The van der Waals surface area contributed by atoms with Crippen LogP contribution < -0.4 is 10.1 Å². The molecule has 2 atom stereocenters. The van der Waals surface area contributed by atoms with Crippen molar-refractivity contribution >= 4 is 0 Å². The van der Waals surface area contributed by atoms with Gasteiger partial charge in [0.05, 0.1) is 25.9 Å². The zero-order valence-electron chi connectivity index (χ0n) is 10.9. The molecule has 0 saturated carbocycles. The van der Waals surface area contributed by atoms with Crippen molar-refractivity contribution in [3.63, 3.8) is 0 Å². The molecule has 3 rings (SSSR count). The van der Waals surface area contributed by atoms with Crippen LogP contribution in [0.5, 0.6) is 5.75 Å². The minimum absolute atomic E-state index is 0.102. The summed E-state index contributed by atoms with van der Waals surface area (Å²) in [6.45, 7) is 1.16. The average molecular weight is 267 g/mol. The van der Waals surface area contributed by atoms with E-state index in [4.69, 9.17) is 9.47 Å². The maximum atomic E-state index is 13.8. The van der Waals surface area contributed by atoms with Gasteiger partial charge in [-0.05, 0) is 18.9 Å². The molecule has 1 aromatic rings. The molecule has 2 unspecified atom stereocenters. The quantitative estimate of drug-likeness (QED) is 0.844. The third-order valence-electron chi connectivity index (χ3n) is 3.95. The van der Waals surface area contributed by atoms with E-state index >= 15 is 0 Å². The number of rotatable bonds is 2. The van der Waals surface area contributed by atoms with E-state index in [0.717, 1.165) is 0 Å². The van der Waals surface area contributed by atoms with Crippen molar-refractivity contribution in [2.24, 2.45) is 0 Å². The number of piperidine rings is 1. The second kappa shape index (κ2) is 4.74. The number of aliphatic hydroxyl groups is 1. The third-order valence-corrected chi connectivity index (χ3v) is 3.95. The molecule has 0 amide bonds. The van der Waals surface area contributed by atoms with Crippen LogP contribution in [-0.4, -0.2) is 37.5 Å². The lowest BCUT2D eigenvalue weighted by molar-refractivity contribution is -0.0812. The van der Waals surface area contributed by atoms with E-state index < -0.39 is 11.4 Å². The Balaban J connectivity index is 1.98. The van der Waals surface area contributed by atoms with Crippen LogP contribution in [-0.2, 0) is 10.3 Å². The number of benzene rings is 1. The molecule has 2 aliphatic rings. The molecule has 0 spiro atoms. The molecule has 0 aliphatic carbocycles. The van der Waals surface area contributed by atoms with E-state index in [1.54, 1.807) is 12.1 Å². The molecular formula is C14H18FNO3. The Kier molecular flexibility index (Phi) is 3.20. The summed E-state index contributed by atoms with van der Waals surface area (Å²) in [5.74, 6) is -0.292. The van der Waals surface area contributed by atoms with Crippen molar-refractivity contribution in [3.8, 4) is 5.75 Å². The van der Waals surface area contributed by atoms with Gasteiger partial charge in [-0.1, -0.05) is 12.1 Å². The highest BCUT2D eigenvalue weighted by molar-refractivity contribution is 5.40. The van der Waals surface area contributed by atoms with Crippen LogP contribution in [0.2, 0.25) is 0 Å². The van der Waals surface area contributed by atoms with Gasteiger partial charge >= 0.3 is 0 Å². The molecule has 2 saturated heterocycles. The predicted octanol–water partition coefficient (Wildman–Crippen LogP) is 1.17. The molecule has 2 aliphatic heterocycles. The van der Waals surface area contributed by atoms with Gasteiger partial charge in [-0.25, -0.2) is 4.39 Å². The number of hydrogen-bond acceptors (Lipinski definition) is 4. The van der Waals surface area contributed by atoms with Gasteiger partial charge in [0.15, 0.2) is 11.6 Å². The molecule has 2 bridgehead atoms. The van der Waals surface area contributed by atoms with Crippen LogP contribution in [0, 0.1) is 5.82 Å². The lowest BCUT2D eigenvalue weighted by atomic mass is 9.77. The second-order valence-electron chi connectivity index (χ2n) is 5.36. The van der Waals surface area contributed by atoms with Crippen molar-refractivity contribution in [2.75, 3.05) is 20.3 Å². The van der Waals surface area contributed by atoms with Crippen molar-refractivity contribution in [1.82, 2.24) is 5.32 Å². The monoisotopic (exact) mass is 267 g/mol. The molecular weight excluding hydrogens is 249 g/mol. The molecule has 0 radical (unpaired) electrons. The van der Waals surface area contributed by atoms with Gasteiger partial charge in [0.1, 0.15) is 0 Å². The molecule has 4 nitrogen and oxygen atoms in total. The van der Waals surface area contributed by atoms with Gasteiger partial charge in [0.2, 0.25) is 0 Å². The zero-order chi connectivity index (χ0) is 13.5. The summed E-state index contributed by atoms with van der Waals surface area (Å²) in [6.07, 6.45) is 1.01. The largest absolute Gasteiger partial charge is 0.493 e. The van der Waals surface area contributed by atoms with Crippen molar-refractivity contribution in [1.29, 1.82) is 0 Å². The Labute approximate surface area is 111 Å². The average Bonchev–Trinajstić information content (AvgIpc) is 2.37. The highest BCUT2D eigenvalue weighted by Gasteiger charge is 2.44. The minimum Gasteiger partial charge on any atom is -0.493 e. The van der Waals surface area contributed by atoms with Crippen LogP contribution in [0.3, 0.4) is 0 Å². The van der Waals surface area contributed by atoms with E-state index in [2.05, 4.69) is 5.32 Å². The Morgan fingerprint density at radius 3 is 2.68 bits per heavy atom. The standard InChI is InChI=1S/C14H18FNO3/c1-18-13-11(3-2-4-12(13)15)14(17)5-9-7-19-8-10(6-14)16-9/h2-4,9-10,16-17H,5-8H2,1H3. The first-order chi connectivity index (χ1) is 9.12. The second-order valence-corrected chi connectivity index (χ2v) is 5.36. The maximum Gasteiger partial charge on any atom is 0.165 e. The fourth-order valence-corrected chi connectivity index (χ4v) is 3.22. The lowest BCUT2D eigenvalue weighted by Gasteiger charge is -2.45. The van der Waals surface area contributed by atoms with Crippen LogP contribution in [0.1, 0.15) is 18.4 Å². The van der Waals surface area contributed by atoms with Crippen molar-refractivity contribution in [2.45, 2.75) is 30.5 Å². The van der Waals surface area contributed by atoms with E-state index in [-0.39, 0.29) is 17.8 Å². The molecule has 2 fully saturated rings. The van der Waals surface area contributed by atoms with Gasteiger partial charge in [-0.2, -0.15) is 0 Å². The molecule has 0 aromatic heterocycles. The summed E-state index contributed by atoms with van der Waals surface area (Å²) < 4.78 is 24.4. The summed E-state index contributed by atoms with van der Waals surface area (Å²) in [6, 6.07) is 4.90. The van der Waals surface area contributed by atoms with Gasteiger partial charge < -0.3 is 19.9 Å². The first-order valence-corrected chi connectivity index (χ1v) is 6.51. The van der Waals surface area contributed by atoms with Crippen LogP contribution in [0.25, 0.3) is 0 Å². The molecule has 2 heterocycles. The Bertz CT molecular complexity index is 468. The molecule has 19 heavy (non-hydrogen) atoms. The summed E-state index contributed by atoms with van der Waals surface area (Å²) >= 11 is 0. The Hall–Kier alpha value is -1.17. The lowest BCUT2D eigenvalue weighted by Crippen LogP contribution is -2.58. The minimum atomic E-state index is -1.06. The van der Waals surface area contributed by atoms with Crippen LogP contribution >= 0.6 is 0 Å². The predicted molar refractivity (Wildman–Crippen MR) is 67.6 cm³/mol.